The summed E-state index contributed by atoms with van der Waals surface area (Å²) >= 11 is 0.116. The normalized spacial score (nSPS) is 16.3. The van der Waals surface area contributed by atoms with Gasteiger partial charge in [-0.1, -0.05) is 12.1 Å². The van der Waals surface area contributed by atoms with Gasteiger partial charge >= 0.3 is 6.18 Å². The zero-order valence-corrected chi connectivity index (χ0v) is 19.6. The number of aliphatic imine (C=N–C) groups is 1. The van der Waals surface area contributed by atoms with Crippen LogP contribution in [-0.2, 0) is 4.79 Å². The number of para-hydroxylation sites is 2. The Kier molecular flexibility index (Phi) is 7.15. The Morgan fingerprint density at radius 2 is 1.81 bits per heavy atom. The summed E-state index contributed by atoms with van der Waals surface area (Å²) in [6.45, 7) is 0.0530. The number of non-ortho nitro benzene ring substituents is 1. The molecule has 0 bridgehead atoms. The molecule has 1 amide bonds. The minimum atomic E-state index is -4.79. The van der Waals surface area contributed by atoms with Crippen LogP contribution in [0.4, 0.5) is 18.9 Å². The number of nitrogens with one attached hydrogen (secondary N) is 1. The van der Waals surface area contributed by atoms with E-state index >= 15 is 0 Å². The van der Waals surface area contributed by atoms with Crippen LogP contribution < -0.4 is 14.2 Å². The van der Waals surface area contributed by atoms with E-state index in [9.17, 15) is 28.1 Å². The molecule has 0 aromatic heterocycles. The summed E-state index contributed by atoms with van der Waals surface area (Å²) in [6.07, 6.45) is -3.70. The maximum Gasteiger partial charge on any atom is 0.441 e. The SMILES string of the molecule is COc1ccccc1OCCOc1ccc([N+](=O)[O-])cc1/C=C1\C(=N)N2N=C(C(F)(F)F)SC2=NC1=O. The van der Waals surface area contributed by atoms with Crippen LogP contribution in [-0.4, -0.2) is 58.4 Å². The van der Waals surface area contributed by atoms with Crippen molar-refractivity contribution in [2.45, 2.75) is 6.18 Å². The van der Waals surface area contributed by atoms with E-state index < -0.39 is 38.6 Å². The van der Waals surface area contributed by atoms with E-state index in [2.05, 4.69) is 10.1 Å². The number of carbonyl (C=O) groups excluding carboxylic acids is 1. The van der Waals surface area contributed by atoms with E-state index in [1.165, 1.54) is 19.2 Å². The molecule has 2 aliphatic heterocycles. The van der Waals surface area contributed by atoms with Crippen LogP contribution in [0.5, 0.6) is 17.2 Å². The highest BCUT2D eigenvalue weighted by molar-refractivity contribution is 8.27. The molecule has 0 unspecified atom stereocenters. The second-order valence-corrected chi connectivity index (χ2v) is 8.21. The van der Waals surface area contributed by atoms with E-state index in [0.717, 1.165) is 12.1 Å². The molecule has 15 heteroatoms. The third-order valence-electron chi connectivity index (χ3n) is 4.87. The molecule has 0 fully saturated rings. The Labute approximate surface area is 210 Å². The van der Waals surface area contributed by atoms with Crippen molar-refractivity contribution in [3.63, 3.8) is 0 Å². The van der Waals surface area contributed by atoms with Gasteiger partial charge in [-0.2, -0.15) is 28.3 Å². The number of ether oxygens (including phenoxy) is 3. The lowest BCUT2D eigenvalue weighted by Crippen LogP contribution is -2.35. The number of fused-ring (bicyclic) bond motifs is 1. The maximum absolute atomic E-state index is 13.0. The first-order chi connectivity index (χ1) is 17.6. The van der Waals surface area contributed by atoms with Crippen molar-refractivity contribution in [2.75, 3.05) is 20.3 Å². The molecule has 2 aromatic carbocycles. The summed E-state index contributed by atoms with van der Waals surface area (Å²) in [5, 5.41) is 21.7. The lowest BCUT2D eigenvalue weighted by Gasteiger charge is -2.20. The fraction of sp³-hybridized carbons (Fsp3) is 0.182. The molecular weight excluding hydrogens is 519 g/mol. The number of alkyl halides is 3. The van der Waals surface area contributed by atoms with Crippen LogP contribution >= 0.6 is 11.8 Å². The molecule has 1 N–H and O–H groups in total. The number of rotatable bonds is 8. The van der Waals surface area contributed by atoms with Gasteiger partial charge in [0.25, 0.3) is 11.6 Å². The molecule has 192 valence electrons. The minimum absolute atomic E-state index is 0.0122. The third kappa shape index (κ3) is 5.55. The second kappa shape index (κ2) is 10.3. The van der Waals surface area contributed by atoms with Gasteiger partial charge in [-0.05, 0) is 36.0 Å². The van der Waals surface area contributed by atoms with Crippen LogP contribution in [0.2, 0.25) is 0 Å². The fourth-order valence-electron chi connectivity index (χ4n) is 3.20. The predicted molar refractivity (Wildman–Crippen MR) is 128 cm³/mol. The van der Waals surface area contributed by atoms with Crippen molar-refractivity contribution in [1.82, 2.24) is 5.01 Å². The molecule has 2 aromatic rings. The van der Waals surface area contributed by atoms with Gasteiger partial charge in [-0.15, -0.1) is 0 Å². The van der Waals surface area contributed by atoms with Gasteiger partial charge in [0, 0.05) is 17.7 Å². The van der Waals surface area contributed by atoms with Crippen molar-refractivity contribution < 1.29 is 37.1 Å². The van der Waals surface area contributed by atoms with Gasteiger partial charge in [0.15, 0.2) is 17.3 Å². The largest absolute Gasteiger partial charge is 0.493 e. The maximum atomic E-state index is 13.0. The summed E-state index contributed by atoms with van der Waals surface area (Å²) in [4.78, 5) is 26.7. The highest BCUT2D eigenvalue weighted by Crippen LogP contribution is 2.36. The number of carbonyl (C=O) groups is 1. The number of halogens is 3. The van der Waals surface area contributed by atoms with Crippen molar-refractivity contribution >= 4 is 45.5 Å². The Balaban J connectivity index is 1.58. The first-order valence-corrected chi connectivity index (χ1v) is 11.1. The number of hydrogen-bond donors (Lipinski definition) is 1. The molecule has 0 saturated heterocycles. The van der Waals surface area contributed by atoms with E-state index in [4.69, 9.17) is 19.6 Å². The van der Waals surface area contributed by atoms with Crippen molar-refractivity contribution in [1.29, 1.82) is 5.41 Å². The number of hydrogen-bond acceptors (Lipinski definition) is 9. The number of methoxy groups -OCH3 is 1. The zero-order valence-electron chi connectivity index (χ0n) is 18.8. The number of thioether (sulfide) groups is 1. The number of amides is 1. The Morgan fingerprint density at radius 1 is 1.14 bits per heavy atom. The molecule has 2 aliphatic rings. The quantitative estimate of drug-likeness (QED) is 0.229. The molecule has 0 aliphatic carbocycles. The number of nitro benzene ring substituents is 1. The van der Waals surface area contributed by atoms with Gasteiger partial charge in [-0.25, -0.2) is 0 Å². The van der Waals surface area contributed by atoms with Crippen LogP contribution in [0.15, 0.2) is 58.1 Å². The molecule has 4 rings (SSSR count). The minimum Gasteiger partial charge on any atom is -0.493 e. The monoisotopic (exact) mass is 535 g/mol. The van der Waals surface area contributed by atoms with E-state index in [-0.39, 0.29) is 42.0 Å². The Morgan fingerprint density at radius 3 is 2.46 bits per heavy atom. The second-order valence-electron chi connectivity index (χ2n) is 7.25. The number of amidine groups is 2. The lowest BCUT2D eigenvalue weighted by atomic mass is 10.1. The summed E-state index contributed by atoms with van der Waals surface area (Å²) in [7, 11) is 1.49. The fourth-order valence-corrected chi connectivity index (χ4v) is 3.96. The number of hydrazone groups is 1. The standard InChI is InChI=1S/C22H16F3N5O6S/c1-34-16-4-2-3-5-17(16)36-9-8-35-15-7-6-13(30(32)33)10-12(15)11-14-18(26)29-21(27-19(14)31)37-20(28-29)22(23,24)25/h2-7,10-11,26H,8-9H2,1H3/b14-11+,26-18?. The molecular formula is C22H16F3N5O6S. The predicted octanol–water partition coefficient (Wildman–Crippen LogP) is 4.24. The van der Waals surface area contributed by atoms with Crippen molar-refractivity contribution in [3.05, 3.63) is 63.7 Å². The average molecular weight is 535 g/mol. The molecule has 0 radical (unpaired) electrons. The molecule has 0 saturated carbocycles. The van der Waals surface area contributed by atoms with Gasteiger partial charge in [-0.3, -0.25) is 20.3 Å². The summed E-state index contributed by atoms with van der Waals surface area (Å²) in [5.74, 6) is -0.587. The van der Waals surface area contributed by atoms with Gasteiger partial charge in [0.2, 0.25) is 10.2 Å². The van der Waals surface area contributed by atoms with Crippen LogP contribution in [0, 0.1) is 15.5 Å². The summed E-state index contributed by atoms with van der Waals surface area (Å²) in [6, 6.07) is 10.5. The van der Waals surface area contributed by atoms with Gasteiger partial charge < -0.3 is 14.2 Å². The smallest absolute Gasteiger partial charge is 0.441 e. The molecule has 37 heavy (non-hydrogen) atoms. The molecule has 0 spiro atoms. The Bertz CT molecular complexity index is 1370. The summed E-state index contributed by atoms with van der Waals surface area (Å²) in [5.41, 5.74) is -0.727. The first kappa shape index (κ1) is 25.7. The zero-order chi connectivity index (χ0) is 26.7. The Hall–Kier alpha value is -4.40. The average Bonchev–Trinajstić information content (AvgIpc) is 3.30. The van der Waals surface area contributed by atoms with Crippen molar-refractivity contribution in [2.24, 2.45) is 10.1 Å². The molecule has 11 nitrogen and oxygen atoms in total. The van der Waals surface area contributed by atoms with E-state index in [1.54, 1.807) is 24.3 Å². The van der Waals surface area contributed by atoms with E-state index in [0.29, 0.717) is 16.5 Å². The molecule has 0 atom stereocenters. The van der Waals surface area contributed by atoms with Gasteiger partial charge in [0.1, 0.15) is 19.0 Å². The number of nitro groups is 1. The number of benzene rings is 2. The topological polar surface area (TPSA) is 140 Å². The summed E-state index contributed by atoms with van der Waals surface area (Å²) < 4.78 is 55.6. The van der Waals surface area contributed by atoms with Crippen molar-refractivity contribution in [3.8, 4) is 17.2 Å². The highest BCUT2D eigenvalue weighted by atomic mass is 32.2. The lowest BCUT2D eigenvalue weighted by molar-refractivity contribution is -0.384. The van der Waals surface area contributed by atoms with Crippen LogP contribution in [0.25, 0.3) is 6.08 Å². The van der Waals surface area contributed by atoms with Crippen LogP contribution in [0.3, 0.4) is 0 Å². The molecule has 2 heterocycles. The highest BCUT2D eigenvalue weighted by Gasteiger charge is 2.46. The number of nitrogens with zero attached hydrogens (tertiary/aromatic N) is 4. The van der Waals surface area contributed by atoms with Crippen LogP contribution in [0.1, 0.15) is 5.56 Å². The first-order valence-electron chi connectivity index (χ1n) is 10.3. The van der Waals surface area contributed by atoms with Gasteiger partial charge in [0.05, 0.1) is 17.6 Å². The van der Waals surface area contributed by atoms with E-state index in [1.807, 2.05) is 0 Å². The third-order valence-corrected chi connectivity index (χ3v) is 5.82.